The average Bonchev–Trinajstić information content (AvgIpc) is 2.74. The summed E-state index contributed by atoms with van der Waals surface area (Å²) in [6, 6.07) is 5.14. The van der Waals surface area contributed by atoms with Crippen molar-refractivity contribution in [1.82, 2.24) is 5.32 Å². The van der Waals surface area contributed by atoms with Gasteiger partial charge in [0.15, 0.2) is 0 Å². The number of rotatable bonds is 4. The number of carboxylic acid groups (broad SMARTS) is 1. The highest BCUT2D eigenvalue weighted by atomic mass is 16.4. The van der Waals surface area contributed by atoms with Gasteiger partial charge in [-0.05, 0) is 31.0 Å². The summed E-state index contributed by atoms with van der Waals surface area (Å²) >= 11 is 0. The first-order valence-electron chi connectivity index (χ1n) is 5.95. The highest BCUT2D eigenvalue weighted by Crippen LogP contribution is 2.23. The molecular formula is C13H16N2O3. The van der Waals surface area contributed by atoms with Gasteiger partial charge in [0.2, 0.25) is 0 Å². The van der Waals surface area contributed by atoms with Gasteiger partial charge >= 0.3 is 5.97 Å². The number of carbonyl (C=O) groups excluding carboxylic acids is 1. The molecule has 5 heteroatoms. The lowest BCUT2D eigenvalue weighted by molar-refractivity contribution is -0.137. The Morgan fingerprint density at radius 2 is 2.28 bits per heavy atom. The quantitative estimate of drug-likeness (QED) is 0.749. The van der Waals surface area contributed by atoms with Gasteiger partial charge in [-0.15, -0.1) is 0 Å². The maximum atomic E-state index is 11.9. The van der Waals surface area contributed by atoms with Crippen LogP contribution in [0.4, 0.5) is 5.69 Å². The molecule has 96 valence electrons. The molecule has 0 spiro atoms. The van der Waals surface area contributed by atoms with E-state index in [2.05, 4.69) is 10.6 Å². The van der Waals surface area contributed by atoms with Gasteiger partial charge < -0.3 is 15.7 Å². The average molecular weight is 248 g/mol. The monoisotopic (exact) mass is 248 g/mol. The smallest absolute Gasteiger partial charge is 0.305 e. The number of hydrogen-bond acceptors (Lipinski definition) is 3. The molecule has 0 aromatic heterocycles. The Morgan fingerprint density at radius 3 is 3.00 bits per heavy atom. The number of carbonyl (C=O) groups is 2. The molecule has 1 unspecified atom stereocenters. The molecule has 1 amide bonds. The van der Waals surface area contributed by atoms with Crippen LogP contribution < -0.4 is 10.6 Å². The third-order valence-electron chi connectivity index (χ3n) is 2.94. The summed E-state index contributed by atoms with van der Waals surface area (Å²) in [5, 5.41) is 14.5. The van der Waals surface area contributed by atoms with E-state index in [1.165, 1.54) is 5.56 Å². The summed E-state index contributed by atoms with van der Waals surface area (Å²) in [5.41, 5.74) is 2.76. The zero-order valence-corrected chi connectivity index (χ0v) is 10.2. The van der Waals surface area contributed by atoms with Gasteiger partial charge in [0.1, 0.15) is 0 Å². The van der Waals surface area contributed by atoms with Crippen molar-refractivity contribution in [3.63, 3.8) is 0 Å². The van der Waals surface area contributed by atoms with Crippen LogP contribution in [0.1, 0.15) is 29.3 Å². The van der Waals surface area contributed by atoms with E-state index in [0.717, 1.165) is 18.7 Å². The standard InChI is InChI=1S/C13H16N2O3/c1-8(6-12(16)17)15-13(18)10-3-2-9-4-5-14-11(9)7-10/h2-3,7-8,14H,4-6H2,1H3,(H,15,18)(H,16,17). The summed E-state index contributed by atoms with van der Waals surface area (Å²) in [4.78, 5) is 22.4. The molecule has 1 aliphatic heterocycles. The highest BCUT2D eigenvalue weighted by molar-refractivity contribution is 5.95. The Morgan fingerprint density at radius 1 is 1.50 bits per heavy atom. The fourth-order valence-electron chi connectivity index (χ4n) is 2.05. The minimum absolute atomic E-state index is 0.0745. The molecule has 5 nitrogen and oxygen atoms in total. The van der Waals surface area contributed by atoms with Crippen LogP contribution in [0.2, 0.25) is 0 Å². The maximum absolute atomic E-state index is 11.9. The number of hydrogen-bond donors (Lipinski definition) is 3. The van der Waals surface area contributed by atoms with Crippen LogP contribution >= 0.6 is 0 Å². The Kier molecular flexibility index (Phi) is 3.50. The lowest BCUT2D eigenvalue weighted by atomic mass is 10.1. The molecule has 0 fully saturated rings. The second-order valence-electron chi connectivity index (χ2n) is 4.52. The van der Waals surface area contributed by atoms with Gasteiger partial charge in [0.25, 0.3) is 5.91 Å². The minimum Gasteiger partial charge on any atom is -0.481 e. The van der Waals surface area contributed by atoms with Crippen molar-refractivity contribution in [3.8, 4) is 0 Å². The van der Waals surface area contributed by atoms with Crippen LogP contribution in [0.3, 0.4) is 0 Å². The van der Waals surface area contributed by atoms with E-state index in [4.69, 9.17) is 5.11 Å². The number of nitrogens with one attached hydrogen (secondary N) is 2. The van der Waals surface area contributed by atoms with E-state index in [9.17, 15) is 9.59 Å². The van der Waals surface area contributed by atoms with E-state index in [1.807, 2.05) is 12.1 Å². The van der Waals surface area contributed by atoms with E-state index in [0.29, 0.717) is 5.56 Å². The predicted octanol–water partition coefficient (Wildman–Crippen LogP) is 1.25. The number of aliphatic carboxylic acids is 1. The van der Waals surface area contributed by atoms with Crippen LogP contribution in [0.5, 0.6) is 0 Å². The third kappa shape index (κ3) is 2.80. The molecule has 2 rings (SSSR count). The maximum Gasteiger partial charge on any atom is 0.305 e. The molecule has 0 radical (unpaired) electrons. The molecule has 1 aliphatic rings. The molecule has 0 saturated heterocycles. The second-order valence-corrected chi connectivity index (χ2v) is 4.52. The third-order valence-corrected chi connectivity index (χ3v) is 2.94. The summed E-state index contributed by atoms with van der Waals surface area (Å²) in [7, 11) is 0. The molecule has 3 N–H and O–H groups in total. The van der Waals surface area contributed by atoms with E-state index in [-0.39, 0.29) is 18.4 Å². The minimum atomic E-state index is -0.918. The molecule has 1 aromatic rings. The van der Waals surface area contributed by atoms with Gasteiger partial charge in [0, 0.05) is 23.8 Å². The van der Waals surface area contributed by atoms with E-state index < -0.39 is 5.97 Å². The highest BCUT2D eigenvalue weighted by Gasteiger charge is 2.15. The molecule has 0 bridgehead atoms. The molecule has 1 heterocycles. The van der Waals surface area contributed by atoms with Gasteiger partial charge in [-0.2, -0.15) is 0 Å². The normalized spacial score (nSPS) is 14.5. The van der Waals surface area contributed by atoms with Crippen molar-refractivity contribution in [2.45, 2.75) is 25.8 Å². The lowest BCUT2D eigenvalue weighted by Crippen LogP contribution is -2.34. The number of anilines is 1. The summed E-state index contributed by atoms with van der Waals surface area (Å²) < 4.78 is 0. The van der Waals surface area contributed by atoms with Gasteiger partial charge in [0.05, 0.1) is 6.42 Å². The number of fused-ring (bicyclic) bond motifs is 1. The molecule has 1 aromatic carbocycles. The first kappa shape index (κ1) is 12.4. The van der Waals surface area contributed by atoms with Crippen molar-refractivity contribution < 1.29 is 14.7 Å². The van der Waals surface area contributed by atoms with E-state index >= 15 is 0 Å². The van der Waals surface area contributed by atoms with Crippen LogP contribution in [-0.2, 0) is 11.2 Å². The van der Waals surface area contributed by atoms with Crippen molar-refractivity contribution in [3.05, 3.63) is 29.3 Å². The molecule has 18 heavy (non-hydrogen) atoms. The molecule has 1 atom stereocenters. The topological polar surface area (TPSA) is 78.4 Å². The van der Waals surface area contributed by atoms with Gasteiger partial charge in [-0.25, -0.2) is 0 Å². The largest absolute Gasteiger partial charge is 0.481 e. The van der Waals surface area contributed by atoms with Crippen LogP contribution in [0, 0.1) is 0 Å². The Bertz CT molecular complexity index is 485. The Hall–Kier alpha value is -2.04. The Balaban J connectivity index is 2.03. The van der Waals surface area contributed by atoms with Crippen molar-refractivity contribution in [2.24, 2.45) is 0 Å². The Labute approximate surface area is 105 Å². The fourth-order valence-corrected chi connectivity index (χ4v) is 2.05. The zero-order valence-electron chi connectivity index (χ0n) is 10.2. The second kappa shape index (κ2) is 5.08. The molecular weight excluding hydrogens is 232 g/mol. The van der Waals surface area contributed by atoms with Crippen molar-refractivity contribution in [2.75, 3.05) is 11.9 Å². The predicted molar refractivity (Wildman–Crippen MR) is 67.8 cm³/mol. The van der Waals surface area contributed by atoms with Crippen molar-refractivity contribution in [1.29, 1.82) is 0 Å². The van der Waals surface area contributed by atoms with E-state index in [1.54, 1.807) is 13.0 Å². The SMILES string of the molecule is CC(CC(=O)O)NC(=O)c1ccc2c(c1)NCC2. The summed E-state index contributed by atoms with van der Waals surface area (Å²) in [5.74, 6) is -1.15. The molecule has 0 aliphatic carbocycles. The lowest BCUT2D eigenvalue weighted by Gasteiger charge is -2.12. The number of benzene rings is 1. The van der Waals surface area contributed by atoms with Gasteiger partial charge in [-0.1, -0.05) is 6.07 Å². The number of amides is 1. The van der Waals surface area contributed by atoms with Crippen LogP contribution in [0.15, 0.2) is 18.2 Å². The zero-order chi connectivity index (χ0) is 13.1. The summed E-state index contributed by atoms with van der Waals surface area (Å²) in [6.45, 7) is 2.58. The first-order valence-corrected chi connectivity index (χ1v) is 5.95. The van der Waals surface area contributed by atoms with Gasteiger partial charge in [-0.3, -0.25) is 9.59 Å². The first-order chi connectivity index (χ1) is 8.56. The van der Waals surface area contributed by atoms with Crippen LogP contribution in [0.25, 0.3) is 0 Å². The molecule has 0 saturated carbocycles. The number of carboxylic acids is 1. The fraction of sp³-hybridized carbons (Fsp3) is 0.385. The summed E-state index contributed by atoms with van der Waals surface area (Å²) in [6.07, 6.45) is 0.904. The van der Waals surface area contributed by atoms with Crippen molar-refractivity contribution >= 4 is 17.6 Å². The van der Waals surface area contributed by atoms with Crippen LogP contribution in [-0.4, -0.2) is 29.6 Å².